The second-order valence-corrected chi connectivity index (χ2v) is 7.86. The van der Waals surface area contributed by atoms with Gasteiger partial charge in [0.15, 0.2) is 0 Å². The number of carbonyl (C=O) groups excluding carboxylic acids is 1. The van der Waals surface area contributed by atoms with E-state index in [0.29, 0.717) is 33.9 Å². The summed E-state index contributed by atoms with van der Waals surface area (Å²) in [7, 11) is 0. The van der Waals surface area contributed by atoms with E-state index in [1.54, 1.807) is 72.8 Å². The maximum Gasteiger partial charge on any atom is 0.442 e. The molecule has 5 rings (SSSR count). The Morgan fingerprint density at radius 1 is 1.00 bits per heavy atom. The fourth-order valence-corrected chi connectivity index (χ4v) is 3.67. The van der Waals surface area contributed by atoms with Crippen LogP contribution in [0, 0.1) is 4.77 Å². The van der Waals surface area contributed by atoms with Crippen LogP contribution in [0.25, 0.3) is 22.8 Å². The summed E-state index contributed by atoms with van der Waals surface area (Å²) >= 11 is 5.09. The van der Waals surface area contributed by atoms with Gasteiger partial charge in [0.1, 0.15) is 0 Å². The summed E-state index contributed by atoms with van der Waals surface area (Å²) in [5.41, 5.74) is 3.25. The van der Waals surface area contributed by atoms with Crippen molar-refractivity contribution in [2.45, 2.75) is 6.61 Å². The van der Waals surface area contributed by atoms with Crippen molar-refractivity contribution in [1.82, 2.24) is 30.0 Å². The second kappa shape index (κ2) is 9.77. The van der Waals surface area contributed by atoms with E-state index in [-0.39, 0.29) is 17.3 Å². The Morgan fingerprint density at radius 3 is 2.53 bits per heavy atom. The van der Waals surface area contributed by atoms with Gasteiger partial charge in [-0.05, 0) is 66.3 Å². The summed E-state index contributed by atoms with van der Waals surface area (Å²) in [5, 5.41) is 29.3. The van der Waals surface area contributed by atoms with E-state index in [4.69, 9.17) is 16.6 Å². The van der Waals surface area contributed by atoms with E-state index in [0.717, 1.165) is 4.68 Å². The molecule has 0 saturated carbocycles. The summed E-state index contributed by atoms with van der Waals surface area (Å²) in [4.78, 5) is 24.9. The molecule has 3 aromatic carbocycles. The highest BCUT2D eigenvalue weighted by Crippen LogP contribution is 2.22. The third-order valence-electron chi connectivity index (χ3n) is 5.17. The number of H-pyrrole nitrogens is 1. The monoisotopic (exact) mass is 502 g/mol. The molecule has 4 N–H and O–H groups in total. The molecule has 2 aromatic heterocycles. The highest BCUT2D eigenvalue weighted by molar-refractivity contribution is 7.71. The van der Waals surface area contributed by atoms with Crippen LogP contribution in [0.2, 0.25) is 0 Å². The van der Waals surface area contributed by atoms with Crippen molar-refractivity contribution >= 4 is 29.6 Å². The van der Waals surface area contributed by atoms with Crippen LogP contribution in [0.3, 0.4) is 0 Å². The molecule has 13 heteroatoms. The molecule has 0 aliphatic heterocycles. The molecule has 12 nitrogen and oxygen atoms in total. The average molecular weight is 503 g/mol. The number of nitrogens with zero attached hydrogens (tertiary/aromatic N) is 5. The van der Waals surface area contributed by atoms with Gasteiger partial charge in [0.25, 0.3) is 0 Å². The first-order valence-corrected chi connectivity index (χ1v) is 11.0. The number of anilines is 2. The van der Waals surface area contributed by atoms with Gasteiger partial charge in [-0.1, -0.05) is 34.6 Å². The topological polar surface area (TPSA) is 156 Å². The second-order valence-electron chi connectivity index (χ2n) is 7.49. The lowest BCUT2D eigenvalue weighted by Gasteiger charge is -2.09. The highest BCUT2D eigenvalue weighted by atomic mass is 32.1. The molecule has 5 aromatic rings. The van der Waals surface area contributed by atoms with Crippen LogP contribution >= 0.6 is 12.2 Å². The number of rotatable bonds is 6. The van der Waals surface area contributed by atoms with Crippen LogP contribution in [0.15, 0.2) is 82.0 Å². The van der Waals surface area contributed by atoms with E-state index < -0.39 is 11.8 Å². The number of hydrogen-bond acceptors (Lipinski definition) is 8. The molecule has 0 aliphatic rings. The maximum atomic E-state index is 12.5. The molecule has 0 radical (unpaired) electrons. The predicted molar refractivity (Wildman–Crippen MR) is 133 cm³/mol. The Morgan fingerprint density at radius 2 is 1.78 bits per heavy atom. The summed E-state index contributed by atoms with van der Waals surface area (Å²) in [5.74, 6) is -0.579. The first kappa shape index (κ1) is 22.9. The summed E-state index contributed by atoms with van der Waals surface area (Å²) in [6.45, 7) is -0.215. The lowest BCUT2D eigenvalue weighted by atomic mass is 10.1. The fourth-order valence-electron chi connectivity index (χ4n) is 3.48. The third kappa shape index (κ3) is 4.68. The zero-order chi connectivity index (χ0) is 25.1. The molecule has 0 unspecified atom stereocenters. The van der Waals surface area contributed by atoms with E-state index in [2.05, 4.69) is 31.3 Å². The Bertz CT molecular complexity index is 1650. The minimum atomic E-state index is -0.677. The van der Waals surface area contributed by atoms with Crippen LogP contribution < -0.4 is 16.4 Å². The summed E-state index contributed by atoms with van der Waals surface area (Å²) in [6.07, 6.45) is 0. The number of nitrogens with one attached hydrogen (secondary N) is 3. The summed E-state index contributed by atoms with van der Waals surface area (Å²) in [6, 6.07) is 20.0. The number of urea groups is 1. The number of tetrazole rings is 1. The Balaban J connectivity index is 1.29. The van der Waals surface area contributed by atoms with Crippen LogP contribution in [0.5, 0.6) is 0 Å². The lowest BCUT2D eigenvalue weighted by Crippen LogP contribution is -2.19. The minimum absolute atomic E-state index is 0.0979. The van der Waals surface area contributed by atoms with Crippen LogP contribution in [0.1, 0.15) is 5.56 Å². The van der Waals surface area contributed by atoms with Gasteiger partial charge < -0.3 is 20.2 Å². The van der Waals surface area contributed by atoms with Crippen molar-refractivity contribution in [3.63, 3.8) is 0 Å². The van der Waals surface area contributed by atoms with Gasteiger partial charge in [-0.25, -0.2) is 14.3 Å². The fraction of sp³-hybridized carbons (Fsp3) is 0.0435. The van der Waals surface area contributed by atoms with Crippen molar-refractivity contribution in [3.05, 3.63) is 93.7 Å². The van der Waals surface area contributed by atoms with Crippen molar-refractivity contribution in [3.8, 4) is 22.8 Å². The molecule has 0 spiro atoms. The van der Waals surface area contributed by atoms with E-state index >= 15 is 0 Å². The first-order chi connectivity index (χ1) is 17.5. The van der Waals surface area contributed by atoms with Crippen LogP contribution in [0.4, 0.5) is 16.2 Å². The van der Waals surface area contributed by atoms with Crippen LogP contribution in [-0.2, 0) is 6.61 Å². The van der Waals surface area contributed by atoms with Gasteiger partial charge in [0.2, 0.25) is 10.7 Å². The number of carbonyl (C=O) groups is 1. The third-order valence-corrected chi connectivity index (χ3v) is 5.43. The largest absolute Gasteiger partial charge is 0.442 e. The van der Waals surface area contributed by atoms with Crippen molar-refractivity contribution in [1.29, 1.82) is 0 Å². The SMILES string of the molecule is O=C(Nc1ccc(-n2nc(-c3ccccc3CO)oc2=O)cc1)Nc1cccc(-n2[nH]nnc2=S)c1. The van der Waals surface area contributed by atoms with Gasteiger partial charge in [0.05, 0.1) is 18.0 Å². The smallest absolute Gasteiger partial charge is 0.392 e. The molecule has 0 bridgehead atoms. The molecular weight excluding hydrogens is 484 g/mol. The lowest BCUT2D eigenvalue weighted by molar-refractivity contribution is 0.262. The van der Waals surface area contributed by atoms with Gasteiger partial charge in [-0.2, -0.15) is 9.90 Å². The maximum absolute atomic E-state index is 12.5. The van der Waals surface area contributed by atoms with Gasteiger partial charge in [-0.3, -0.25) is 0 Å². The first-order valence-electron chi connectivity index (χ1n) is 10.6. The molecule has 0 saturated heterocycles. The number of amides is 2. The predicted octanol–water partition coefficient (Wildman–Crippen LogP) is 3.27. The highest BCUT2D eigenvalue weighted by Gasteiger charge is 2.15. The Kier molecular flexibility index (Phi) is 6.21. The number of aliphatic hydroxyl groups excluding tert-OH is 1. The van der Waals surface area contributed by atoms with Crippen LogP contribution in [-0.4, -0.2) is 41.1 Å². The van der Waals surface area contributed by atoms with Gasteiger partial charge >= 0.3 is 11.8 Å². The molecule has 2 amide bonds. The standard InChI is InChI=1S/C23H18N8O4S/c32-13-14-4-1-2-7-19(14)20-27-31(23(34)35-20)17-10-8-15(9-11-17)24-21(33)25-16-5-3-6-18(12-16)30-22(36)26-28-29-30/h1-12,32H,13H2,(H2,24,25,33)(H,26,29,36). The van der Waals surface area contributed by atoms with E-state index in [1.807, 2.05) is 0 Å². The van der Waals surface area contributed by atoms with E-state index in [9.17, 15) is 14.7 Å². The number of aromatic amines is 1. The number of aliphatic hydroxyl groups is 1. The zero-order valence-corrected chi connectivity index (χ0v) is 19.3. The molecule has 2 heterocycles. The minimum Gasteiger partial charge on any atom is -0.392 e. The molecular formula is C23H18N8O4S. The number of aromatic nitrogens is 6. The number of hydrogen-bond donors (Lipinski definition) is 4. The molecule has 0 atom stereocenters. The van der Waals surface area contributed by atoms with Crippen molar-refractivity contribution in [2.75, 3.05) is 10.6 Å². The van der Waals surface area contributed by atoms with E-state index in [1.165, 1.54) is 4.68 Å². The Hall–Kier alpha value is -4.88. The summed E-state index contributed by atoms with van der Waals surface area (Å²) < 4.78 is 8.15. The van der Waals surface area contributed by atoms with Gasteiger partial charge in [0, 0.05) is 16.9 Å². The average Bonchev–Trinajstić information content (AvgIpc) is 3.50. The normalized spacial score (nSPS) is 10.8. The quantitative estimate of drug-likeness (QED) is 0.258. The molecule has 180 valence electrons. The van der Waals surface area contributed by atoms with Gasteiger partial charge in [-0.15, -0.1) is 5.10 Å². The molecule has 36 heavy (non-hydrogen) atoms. The zero-order valence-electron chi connectivity index (χ0n) is 18.5. The Labute approximate surface area is 207 Å². The molecule has 0 fully saturated rings. The van der Waals surface area contributed by atoms with Crippen molar-refractivity contribution < 1.29 is 14.3 Å². The number of benzene rings is 3. The van der Waals surface area contributed by atoms with Crippen molar-refractivity contribution in [2.24, 2.45) is 0 Å². The molecule has 0 aliphatic carbocycles.